The number of hydrogen-bond acceptors (Lipinski definition) is 3. The van der Waals surface area contributed by atoms with Crippen LogP contribution in [0.5, 0.6) is 0 Å². The summed E-state index contributed by atoms with van der Waals surface area (Å²) in [5.74, 6) is -0.302. The Morgan fingerprint density at radius 1 is 1.24 bits per heavy atom. The van der Waals surface area contributed by atoms with Crippen LogP contribution < -0.4 is 5.32 Å². The summed E-state index contributed by atoms with van der Waals surface area (Å²) in [5.41, 5.74) is 1.98. The Kier molecular flexibility index (Phi) is 3.35. The van der Waals surface area contributed by atoms with Gasteiger partial charge in [-0.1, -0.05) is 29.8 Å². The van der Waals surface area contributed by atoms with E-state index in [1.54, 1.807) is 0 Å². The van der Waals surface area contributed by atoms with Crippen LogP contribution in [0.3, 0.4) is 0 Å². The van der Waals surface area contributed by atoms with Crippen molar-refractivity contribution in [2.75, 3.05) is 5.32 Å². The third kappa shape index (κ3) is 2.79. The zero-order valence-corrected chi connectivity index (χ0v) is 9.90. The Hall–Kier alpha value is -1.94. The predicted molar refractivity (Wildman–Crippen MR) is 66.2 cm³/mol. The molecule has 5 heteroatoms. The minimum Gasteiger partial charge on any atom is -0.320 e. The Bertz CT molecular complexity index is 540. The number of halogens is 1. The van der Waals surface area contributed by atoms with Crippen molar-refractivity contribution in [2.45, 2.75) is 6.92 Å². The van der Waals surface area contributed by atoms with Crippen LogP contribution in [0.25, 0.3) is 0 Å². The molecule has 0 atom stereocenters. The Balaban J connectivity index is 2.17. The van der Waals surface area contributed by atoms with Gasteiger partial charge in [-0.3, -0.25) is 4.79 Å². The smallest absolute Gasteiger partial charge is 0.275 e. The summed E-state index contributed by atoms with van der Waals surface area (Å²) < 4.78 is 0. The lowest BCUT2D eigenvalue weighted by molar-refractivity contribution is 0.102. The van der Waals surface area contributed by atoms with Gasteiger partial charge in [-0.05, 0) is 18.6 Å². The summed E-state index contributed by atoms with van der Waals surface area (Å²) in [6.07, 6.45) is 2.68. The second kappa shape index (κ2) is 4.93. The number of amides is 1. The van der Waals surface area contributed by atoms with E-state index in [0.29, 0.717) is 0 Å². The number of para-hydroxylation sites is 1. The van der Waals surface area contributed by atoms with Crippen LogP contribution in [0.4, 0.5) is 5.69 Å². The van der Waals surface area contributed by atoms with Crippen LogP contribution in [0.15, 0.2) is 36.7 Å². The molecule has 0 aliphatic heterocycles. The van der Waals surface area contributed by atoms with Crippen molar-refractivity contribution < 1.29 is 4.79 Å². The van der Waals surface area contributed by atoms with Gasteiger partial charge < -0.3 is 5.32 Å². The van der Waals surface area contributed by atoms with E-state index in [1.165, 1.54) is 12.4 Å². The molecule has 1 N–H and O–H groups in total. The number of aryl methyl sites for hydroxylation is 1. The number of carbonyl (C=O) groups is 1. The van der Waals surface area contributed by atoms with Gasteiger partial charge in [-0.25, -0.2) is 9.97 Å². The maximum atomic E-state index is 11.8. The van der Waals surface area contributed by atoms with Gasteiger partial charge in [-0.15, -0.1) is 0 Å². The monoisotopic (exact) mass is 247 g/mol. The first-order chi connectivity index (χ1) is 8.16. The number of nitrogens with zero attached hydrogens (tertiary/aromatic N) is 2. The summed E-state index contributed by atoms with van der Waals surface area (Å²) >= 11 is 5.60. The van der Waals surface area contributed by atoms with Crippen molar-refractivity contribution in [1.29, 1.82) is 0 Å². The molecule has 1 amide bonds. The lowest BCUT2D eigenvalue weighted by atomic mass is 10.2. The quantitative estimate of drug-likeness (QED) is 0.888. The van der Waals surface area contributed by atoms with Crippen molar-refractivity contribution in [2.24, 2.45) is 0 Å². The Labute approximate surface area is 104 Å². The molecule has 4 nitrogen and oxygen atoms in total. The largest absolute Gasteiger partial charge is 0.320 e. The van der Waals surface area contributed by atoms with Gasteiger partial charge in [0.2, 0.25) is 0 Å². The molecule has 0 unspecified atom stereocenters. The molecule has 0 saturated heterocycles. The summed E-state index contributed by atoms with van der Waals surface area (Å²) in [4.78, 5) is 19.5. The van der Waals surface area contributed by atoms with E-state index in [9.17, 15) is 4.79 Å². The molecule has 1 heterocycles. The molecular weight excluding hydrogens is 238 g/mol. The van der Waals surface area contributed by atoms with Gasteiger partial charge in [0, 0.05) is 5.69 Å². The summed E-state index contributed by atoms with van der Waals surface area (Å²) in [5, 5.41) is 3.02. The molecule has 1 aromatic heterocycles. The molecule has 2 aromatic rings. The number of anilines is 1. The average Bonchev–Trinajstić information content (AvgIpc) is 2.33. The van der Waals surface area contributed by atoms with E-state index < -0.39 is 0 Å². The molecule has 0 bridgehead atoms. The predicted octanol–water partition coefficient (Wildman–Crippen LogP) is 2.69. The van der Waals surface area contributed by atoms with Gasteiger partial charge in [0.1, 0.15) is 10.8 Å². The van der Waals surface area contributed by atoms with Crippen LogP contribution >= 0.6 is 11.6 Å². The number of carbonyl (C=O) groups excluding carboxylic acids is 1. The van der Waals surface area contributed by atoms with E-state index in [2.05, 4.69) is 15.3 Å². The van der Waals surface area contributed by atoms with E-state index >= 15 is 0 Å². The van der Waals surface area contributed by atoms with Crippen molar-refractivity contribution >= 4 is 23.2 Å². The first kappa shape index (κ1) is 11.5. The Morgan fingerprint density at radius 3 is 2.65 bits per heavy atom. The second-order valence-electron chi connectivity index (χ2n) is 3.49. The first-order valence-electron chi connectivity index (χ1n) is 5.01. The van der Waals surface area contributed by atoms with Crippen molar-refractivity contribution in [3.63, 3.8) is 0 Å². The minimum absolute atomic E-state index is 0.234. The van der Waals surface area contributed by atoms with E-state index in [-0.39, 0.29) is 16.8 Å². The van der Waals surface area contributed by atoms with Crippen LogP contribution in [-0.4, -0.2) is 15.9 Å². The lowest BCUT2D eigenvalue weighted by Crippen LogP contribution is -2.14. The zero-order chi connectivity index (χ0) is 12.3. The molecular formula is C12H10ClN3O. The van der Waals surface area contributed by atoms with Crippen LogP contribution in [-0.2, 0) is 0 Å². The standard InChI is InChI=1S/C12H10ClN3O/c1-8-4-2-3-5-9(8)16-12(17)10-6-15-11(13)7-14-10/h2-7H,1H3,(H,16,17). The van der Waals surface area contributed by atoms with Gasteiger partial charge in [-0.2, -0.15) is 0 Å². The topological polar surface area (TPSA) is 54.9 Å². The number of rotatable bonds is 2. The van der Waals surface area contributed by atoms with Crippen LogP contribution in [0, 0.1) is 6.92 Å². The highest BCUT2D eigenvalue weighted by molar-refractivity contribution is 6.29. The van der Waals surface area contributed by atoms with E-state index in [1.807, 2.05) is 31.2 Å². The number of benzene rings is 1. The maximum Gasteiger partial charge on any atom is 0.275 e. The molecule has 0 radical (unpaired) electrons. The number of hydrogen-bond donors (Lipinski definition) is 1. The molecule has 2 rings (SSSR count). The highest BCUT2D eigenvalue weighted by Crippen LogP contribution is 2.14. The molecule has 86 valence electrons. The molecule has 0 spiro atoms. The fourth-order valence-corrected chi connectivity index (χ4v) is 1.43. The molecule has 17 heavy (non-hydrogen) atoms. The van der Waals surface area contributed by atoms with Crippen molar-refractivity contribution in [3.8, 4) is 0 Å². The lowest BCUT2D eigenvalue weighted by Gasteiger charge is -2.06. The molecule has 0 fully saturated rings. The summed E-state index contributed by atoms with van der Waals surface area (Å²) in [6, 6.07) is 7.52. The molecule has 0 aliphatic carbocycles. The highest BCUT2D eigenvalue weighted by atomic mass is 35.5. The van der Waals surface area contributed by atoms with E-state index in [0.717, 1.165) is 11.3 Å². The van der Waals surface area contributed by atoms with Gasteiger partial charge in [0.15, 0.2) is 0 Å². The van der Waals surface area contributed by atoms with Gasteiger partial charge >= 0.3 is 0 Å². The average molecular weight is 248 g/mol. The minimum atomic E-state index is -0.302. The van der Waals surface area contributed by atoms with Crippen LogP contribution in [0.1, 0.15) is 16.1 Å². The summed E-state index contributed by atoms with van der Waals surface area (Å²) in [7, 11) is 0. The third-order valence-electron chi connectivity index (χ3n) is 2.25. The van der Waals surface area contributed by atoms with Crippen molar-refractivity contribution in [1.82, 2.24) is 9.97 Å². The number of aromatic nitrogens is 2. The van der Waals surface area contributed by atoms with Gasteiger partial charge in [0.25, 0.3) is 5.91 Å². The maximum absolute atomic E-state index is 11.8. The van der Waals surface area contributed by atoms with Gasteiger partial charge in [0.05, 0.1) is 12.4 Å². The Morgan fingerprint density at radius 2 is 2.00 bits per heavy atom. The fourth-order valence-electron chi connectivity index (χ4n) is 1.33. The van der Waals surface area contributed by atoms with Crippen LogP contribution in [0.2, 0.25) is 5.15 Å². The normalized spacial score (nSPS) is 10.0. The zero-order valence-electron chi connectivity index (χ0n) is 9.14. The SMILES string of the molecule is Cc1ccccc1NC(=O)c1cnc(Cl)cn1. The second-order valence-corrected chi connectivity index (χ2v) is 3.88. The third-order valence-corrected chi connectivity index (χ3v) is 2.44. The molecule has 1 aromatic carbocycles. The molecule has 0 aliphatic rings. The fraction of sp³-hybridized carbons (Fsp3) is 0.0833. The number of nitrogens with one attached hydrogen (secondary N) is 1. The molecule has 0 saturated carbocycles. The van der Waals surface area contributed by atoms with E-state index in [4.69, 9.17) is 11.6 Å². The summed E-state index contributed by atoms with van der Waals surface area (Å²) in [6.45, 7) is 1.92. The highest BCUT2D eigenvalue weighted by Gasteiger charge is 2.08. The first-order valence-corrected chi connectivity index (χ1v) is 5.39. The van der Waals surface area contributed by atoms with Crippen molar-refractivity contribution in [3.05, 3.63) is 53.1 Å².